The summed E-state index contributed by atoms with van der Waals surface area (Å²) < 4.78 is 1.95. The molecule has 3 aliphatic carbocycles. The second kappa shape index (κ2) is 6.17. The molecular weight excluding hydrogens is 392 g/mol. The number of amides is 1. The molecule has 4 heterocycles. The van der Waals surface area contributed by atoms with Gasteiger partial charge in [-0.05, 0) is 43.7 Å². The normalized spacial score (nSPS) is 28.3. The molecule has 0 radical (unpaired) electrons. The van der Waals surface area contributed by atoms with E-state index in [-0.39, 0.29) is 22.8 Å². The van der Waals surface area contributed by atoms with Crippen LogP contribution in [-0.4, -0.2) is 41.9 Å². The molecule has 154 valence electrons. The lowest BCUT2D eigenvalue weighted by atomic mass is 9.34. The molecule has 1 unspecified atom stereocenters. The summed E-state index contributed by atoms with van der Waals surface area (Å²) >= 11 is 0. The SMILES string of the molecule is Cc1cnc(C2CC=NN2C(=O)C23CC(Cn4ncc5nc(C#N)ccc54)(C2)C3)cn1. The van der Waals surface area contributed by atoms with Gasteiger partial charge >= 0.3 is 0 Å². The molecule has 0 spiro atoms. The number of aromatic nitrogens is 5. The Balaban J connectivity index is 1.16. The second-order valence-electron chi connectivity index (χ2n) is 9.11. The van der Waals surface area contributed by atoms with Crippen LogP contribution < -0.4 is 0 Å². The number of fused-ring (bicyclic) bond motifs is 1. The van der Waals surface area contributed by atoms with E-state index in [1.165, 1.54) is 0 Å². The lowest BCUT2D eigenvalue weighted by Crippen LogP contribution is -2.68. The van der Waals surface area contributed by atoms with E-state index in [0.717, 1.165) is 48.2 Å². The quantitative estimate of drug-likeness (QED) is 0.651. The number of carbonyl (C=O) groups is 1. The Morgan fingerprint density at radius 2 is 2.06 bits per heavy atom. The van der Waals surface area contributed by atoms with Crippen molar-refractivity contribution in [3.8, 4) is 6.07 Å². The zero-order valence-electron chi connectivity index (χ0n) is 17.1. The van der Waals surface area contributed by atoms with Gasteiger partial charge in [0.2, 0.25) is 5.91 Å². The fraction of sp³-hybridized carbons (Fsp3) is 0.409. The molecule has 2 bridgehead atoms. The van der Waals surface area contributed by atoms with Crippen molar-refractivity contribution in [1.29, 1.82) is 5.26 Å². The molecule has 3 aromatic heterocycles. The molecule has 31 heavy (non-hydrogen) atoms. The van der Waals surface area contributed by atoms with Gasteiger partial charge in [-0.1, -0.05) is 0 Å². The molecule has 1 aliphatic heterocycles. The zero-order chi connectivity index (χ0) is 21.2. The maximum absolute atomic E-state index is 13.4. The van der Waals surface area contributed by atoms with Gasteiger partial charge < -0.3 is 0 Å². The number of aryl methyl sites for hydroxylation is 1. The van der Waals surface area contributed by atoms with E-state index in [1.54, 1.807) is 35.9 Å². The first-order valence-electron chi connectivity index (χ1n) is 10.4. The minimum Gasteiger partial charge on any atom is -0.272 e. The Bertz CT molecular complexity index is 1270. The van der Waals surface area contributed by atoms with E-state index in [0.29, 0.717) is 12.1 Å². The highest BCUT2D eigenvalue weighted by molar-refractivity contribution is 5.88. The Morgan fingerprint density at radius 1 is 1.23 bits per heavy atom. The molecule has 9 heteroatoms. The minimum atomic E-state index is -0.312. The predicted molar refractivity (Wildman–Crippen MR) is 110 cm³/mol. The number of hydrogen-bond donors (Lipinski definition) is 0. The lowest BCUT2D eigenvalue weighted by molar-refractivity contribution is -0.223. The van der Waals surface area contributed by atoms with Crippen molar-refractivity contribution < 1.29 is 4.79 Å². The van der Waals surface area contributed by atoms with E-state index in [4.69, 9.17) is 5.26 Å². The van der Waals surface area contributed by atoms with Crippen LogP contribution in [0.1, 0.15) is 48.8 Å². The Labute approximate surface area is 178 Å². The van der Waals surface area contributed by atoms with Crippen molar-refractivity contribution in [2.45, 2.75) is 45.2 Å². The summed E-state index contributed by atoms with van der Waals surface area (Å²) in [7, 11) is 0. The Hall–Kier alpha value is -3.67. The number of nitrogens with zero attached hydrogens (tertiary/aromatic N) is 8. The fourth-order valence-electron chi connectivity index (χ4n) is 5.54. The fourth-order valence-corrected chi connectivity index (χ4v) is 5.54. The molecule has 0 aromatic carbocycles. The van der Waals surface area contributed by atoms with Crippen LogP contribution in [-0.2, 0) is 11.3 Å². The van der Waals surface area contributed by atoms with Gasteiger partial charge in [0.25, 0.3) is 0 Å². The lowest BCUT2D eigenvalue weighted by Gasteiger charge is -2.69. The molecule has 4 aliphatic rings. The van der Waals surface area contributed by atoms with Gasteiger partial charge in [0.05, 0.1) is 34.7 Å². The molecule has 3 aromatic rings. The van der Waals surface area contributed by atoms with Gasteiger partial charge in [0.15, 0.2) is 0 Å². The smallest absolute Gasteiger partial charge is 0.249 e. The summed E-state index contributed by atoms with van der Waals surface area (Å²) in [6.45, 7) is 2.66. The first-order valence-corrected chi connectivity index (χ1v) is 10.4. The van der Waals surface area contributed by atoms with E-state index < -0.39 is 0 Å². The first kappa shape index (κ1) is 18.1. The van der Waals surface area contributed by atoms with Crippen molar-refractivity contribution in [2.75, 3.05) is 0 Å². The van der Waals surface area contributed by atoms with Crippen LogP contribution in [0.2, 0.25) is 0 Å². The van der Waals surface area contributed by atoms with Gasteiger partial charge in [-0.2, -0.15) is 15.5 Å². The van der Waals surface area contributed by atoms with Crippen LogP contribution in [0, 0.1) is 29.1 Å². The van der Waals surface area contributed by atoms with Crippen molar-refractivity contribution >= 4 is 23.2 Å². The number of hydrogen-bond acceptors (Lipinski definition) is 7. The Kier molecular flexibility index (Phi) is 3.61. The molecule has 0 N–H and O–H groups in total. The van der Waals surface area contributed by atoms with Crippen molar-refractivity contribution in [3.05, 3.63) is 47.8 Å². The number of hydrazone groups is 1. The molecule has 0 saturated heterocycles. The molecule has 1 amide bonds. The number of rotatable bonds is 4. The van der Waals surface area contributed by atoms with Gasteiger partial charge in [-0.15, -0.1) is 0 Å². The third-order valence-corrected chi connectivity index (χ3v) is 6.87. The van der Waals surface area contributed by atoms with Crippen LogP contribution >= 0.6 is 0 Å². The van der Waals surface area contributed by atoms with Crippen LogP contribution in [0.3, 0.4) is 0 Å². The van der Waals surface area contributed by atoms with Crippen LogP contribution in [0.15, 0.2) is 35.8 Å². The summed E-state index contributed by atoms with van der Waals surface area (Å²) in [6.07, 6.45) is 10.2. The van der Waals surface area contributed by atoms with Gasteiger partial charge in [0, 0.05) is 25.4 Å². The zero-order valence-corrected chi connectivity index (χ0v) is 17.1. The average Bonchev–Trinajstić information content (AvgIpc) is 3.36. The summed E-state index contributed by atoms with van der Waals surface area (Å²) in [5.41, 5.74) is 3.47. The maximum atomic E-state index is 13.4. The van der Waals surface area contributed by atoms with Crippen LogP contribution in [0.5, 0.6) is 0 Å². The van der Waals surface area contributed by atoms with Gasteiger partial charge in [-0.3, -0.25) is 19.4 Å². The van der Waals surface area contributed by atoms with E-state index in [9.17, 15) is 4.79 Å². The van der Waals surface area contributed by atoms with Crippen molar-refractivity contribution in [1.82, 2.24) is 29.7 Å². The van der Waals surface area contributed by atoms with Gasteiger partial charge in [-0.25, -0.2) is 9.99 Å². The number of pyridine rings is 1. The maximum Gasteiger partial charge on any atom is 0.249 e. The van der Waals surface area contributed by atoms with Crippen LogP contribution in [0.25, 0.3) is 11.0 Å². The summed E-state index contributed by atoms with van der Waals surface area (Å²) in [4.78, 5) is 26.5. The molecule has 3 fully saturated rings. The highest BCUT2D eigenvalue weighted by atomic mass is 16.2. The predicted octanol–water partition coefficient (Wildman–Crippen LogP) is 2.53. The largest absolute Gasteiger partial charge is 0.272 e. The first-order chi connectivity index (χ1) is 15.0. The molecule has 3 saturated carbocycles. The monoisotopic (exact) mass is 412 g/mol. The van der Waals surface area contributed by atoms with E-state index >= 15 is 0 Å². The number of nitriles is 1. The standard InChI is InChI=1S/C22H20N8O/c1-14-7-25-16(8-24-14)19-4-5-26-30(19)20(31)22-10-21(11-22,12-22)13-29-18-3-2-15(6-23)28-17(18)9-27-29/h2-3,5,7-9,19H,4,10-13H2,1H3. The van der Waals surface area contributed by atoms with Crippen molar-refractivity contribution in [3.63, 3.8) is 0 Å². The van der Waals surface area contributed by atoms with Crippen molar-refractivity contribution in [2.24, 2.45) is 15.9 Å². The summed E-state index contributed by atoms with van der Waals surface area (Å²) in [5.74, 6) is 0.0983. The molecule has 9 nitrogen and oxygen atoms in total. The van der Waals surface area contributed by atoms with E-state index in [2.05, 4.69) is 31.2 Å². The molecule has 1 atom stereocenters. The third kappa shape index (κ3) is 2.61. The minimum absolute atomic E-state index is 0.0983. The molecule has 7 rings (SSSR count). The highest BCUT2D eigenvalue weighted by Crippen LogP contribution is 2.74. The topological polar surface area (TPSA) is 113 Å². The number of carbonyl (C=O) groups excluding carboxylic acids is 1. The van der Waals surface area contributed by atoms with Gasteiger partial charge in [0.1, 0.15) is 23.3 Å². The summed E-state index contributed by atoms with van der Waals surface area (Å²) in [6, 6.07) is 5.50. The highest BCUT2D eigenvalue weighted by Gasteiger charge is 2.72. The summed E-state index contributed by atoms with van der Waals surface area (Å²) in [5, 5.41) is 19.5. The molecular formula is C22H20N8O. The average molecular weight is 412 g/mol. The second-order valence-corrected chi connectivity index (χ2v) is 9.11. The van der Waals surface area contributed by atoms with Crippen LogP contribution in [0.4, 0.5) is 0 Å². The Morgan fingerprint density at radius 3 is 2.81 bits per heavy atom. The third-order valence-electron chi connectivity index (χ3n) is 6.87. The van der Waals surface area contributed by atoms with E-state index in [1.807, 2.05) is 17.7 Å².